The Morgan fingerprint density at radius 1 is 1.07 bits per heavy atom. The maximum atomic E-state index is 13.1. The van der Waals surface area contributed by atoms with Gasteiger partial charge in [-0.1, -0.05) is 0 Å². The van der Waals surface area contributed by atoms with E-state index in [-0.39, 0.29) is 10.5 Å². The van der Waals surface area contributed by atoms with Crippen LogP contribution >= 0.6 is 0 Å². The van der Waals surface area contributed by atoms with Gasteiger partial charge in [0.1, 0.15) is 22.0 Å². The second kappa shape index (κ2) is 7.20. The second-order valence-corrected chi connectivity index (χ2v) is 8.93. The van der Waals surface area contributed by atoms with Gasteiger partial charge in [0.25, 0.3) is 5.56 Å². The molecule has 3 aromatic rings. The Kier molecular flexibility index (Phi) is 4.83. The van der Waals surface area contributed by atoms with Crippen LogP contribution in [0.3, 0.4) is 0 Å². The van der Waals surface area contributed by atoms with Crippen molar-refractivity contribution in [2.24, 2.45) is 7.05 Å². The first-order valence-corrected chi connectivity index (χ1v) is 10.7. The van der Waals surface area contributed by atoms with Crippen molar-refractivity contribution < 1.29 is 13.2 Å². The standard InChI is InChI=1S/C19H23N5O4S/c1-14-20-21(2)19(25)18-12-17(13-24(14)18)29(26,27)23-10-8-22(9-11-23)15-4-6-16(28-3)7-5-15/h4-7,12-13H,8-11H2,1-3H3. The zero-order chi connectivity index (χ0) is 20.8. The third kappa shape index (κ3) is 3.38. The minimum absolute atomic E-state index is 0.114. The van der Waals surface area contributed by atoms with Crippen molar-refractivity contribution in [1.82, 2.24) is 18.5 Å². The van der Waals surface area contributed by atoms with Gasteiger partial charge < -0.3 is 9.64 Å². The van der Waals surface area contributed by atoms with Crippen LogP contribution < -0.4 is 15.2 Å². The first-order valence-electron chi connectivity index (χ1n) is 9.26. The molecule has 0 radical (unpaired) electrons. The summed E-state index contributed by atoms with van der Waals surface area (Å²) in [6.45, 7) is 3.64. The molecule has 0 unspecified atom stereocenters. The molecular formula is C19H23N5O4S. The summed E-state index contributed by atoms with van der Waals surface area (Å²) in [6, 6.07) is 9.15. The summed E-state index contributed by atoms with van der Waals surface area (Å²) in [5.41, 5.74) is 1.000. The number of fused-ring (bicyclic) bond motifs is 1. The molecule has 1 aromatic carbocycles. The van der Waals surface area contributed by atoms with E-state index in [2.05, 4.69) is 10.00 Å². The first-order chi connectivity index (χ1) is 13.8. The van der Waals surface area contributed by atoms with E-state index in [0.29, 0.717) is 37.5 Å². The third-order valence-electron chi connectivity index (χ3n) is 5.27. The van der Waals surface area contributed by atoms with Crippen LogP contribution in [0.15, 0.2) is 46.2 Å². The molecule has 0 aliphatic carbocycles. The van der Waals surface area contributed by atoms with Crippen LogP contribution in [0.2, 0.25) is 0 Å². The number of ether oxygens (including phenoxy) is 1. The maximum absolute atomic E-state index is 13.1. The lowest BCUT2D eigenvalue weighted by atomic mass is 10.2. The van der Waals surface area contributed by atoms with Crippen molar-refractivity contribution in [2.75, 3.05) is 38.2 Å². The molecule has 0 bridgehead atoms. The van der Waals surface area contributed by atoms with Crippen molar-refractivity contribution >= 4 is 21.2 Å². The molecule has 0 N–H and O–H groups in total. The van der Waals surface area contributed by atoms with Crippen molar-refractivity contribution in [3.05, 3.63) is 52.7 Å². The normalized spacial score (nSPS) is 15.8. The molecule has 1 aliphatic heterocycles. The van der Waals surface area contributed by atoms with Gasteiger partial charge in [-0.3, -0.25) is 9.20 Å². The van der Waals surface area contributed by atoms with Gasteiger partial charge in [-0.2, -0.15) is 9.40 Å². The van der Waals surface area contributed by atoms with Gasteiger partial charge in [0.15, 0.2) is 0 Å². The van der Waals surface area contributed by atoms with E-state index in [0.717, 1.165) is 11.4 Å². The molecule has 1 saturated heterocycles. The summed E-state index contributed by atoms with van der Waals surface area (Å²) in [5.74, 6) is 1.33. The Hall–Kier alpha value is -2.85. The van der Waals surface area contributed by atoms with Crippen molar-refractivity contribution in [1.29, 1.82) is 0 Å². The van der Waals surface area contributed by atoms with E-state index in [9.17, 15) is 13.2 Å². The molecule has 0 spiro atoms. The van der Waals surface area contributed by atoms with Crippen LogP contribution in [0.25, 0.3) is 5.52 Å². The van der Waals surface area contributed by atoms with Gasteiger partial charge in [0, 0.05) is 45.1 Å². The number of anilines is 1. The number of nitrogens with zero attached hydrogens (tertiary/aromatic N) is 5. The van der Waals surface area contributed by atoms with E-state index in [1.54, 1.807) is 21.1 Å². The van der Waals surface area contributed by atoms with Gasteiger partial charge in [0.05, 0.1) is 7.11 Å². The van der Waals surface area contributed by atoms with E-state index in [1.165, 1.54) is 25.7 Å². The number of hydrogen-bond donors (Lipinski definition) is 0. The van der Waals surface area contributed by atoms with Crippen LogP contribution in [0.5, 0.6) is 5.75 Å². The highest BCUT2D eigenvalue weighted by atomic mass is 32.2. The fourth-order valence-corrected chi connectivity index (χ4v) is 5.06. The number of aromatic nitrogens is 3. The molecule has 10 heteroatoms. The fraction of sp³-hybridized carbons (Fsp3) is 0.368. The number of hydrogen-bond acceptors (Lipinski definition) is 6. The van der Waals surface area contributed by atoms with Crippen molar-refractivity contribution in [3.8, 4) is 5.75 Å². The minimum Gasteiger partial charge on any atom is -0.497 e. The fourth-order valence-electron chi connectivity index (χ4n) is 3.62. The molecule has 0 atom stereocenters. The lowest BCUT2D eigenvalue weighted by Crippen LogP contribution is -2.48. The van der Waals surface area contributed by atoms with Gasteiger partial charge in [0.2, 0.25) is 10.0 Å². The third-order valence-corrected chi connectivity index (χ3v) is 7.13. The average molecular weight is 417 g/mol. The first kappa shape index (κ1) is 19.5. The van der Waals surface area contributed by atoms with Gasteiger partial charge in [-0.25, -0.2) is 13.1 Å². The molecule has 154 valence electrons. The van der Waals surface area contributed by atoms with E-state index in [1.807, 2.05) is 24.3 Å². The zero-order valence-electron chi connectivity index (χ0n) is 16.6. The SMILES string of the molecule is COc1ccc(N2CCN(S(=O)(=O)c3cc4c(=O)n(C)nc(C)n4c3)CC2)cc1. The quantitative estimate of drug-likeness (QED) is 0.626. The predicted octanol–water partition coefficient (Wildman–Crippen LogP) is 0.861. The molecule has 1 fully saturated rings. The van der Waals surface area contributed by atoms with E-state index >= 15 is 0 Å². The zero-order valence-corrected chi connectivity index (χ0v) is 17.4. The molecule has 0 saturated carbocycles. The summed E-state index contributed by atoms with van der Waals surface area (Å²) in [7, 11) is -0.524. The summed E-state index contributed by atoms with van der Waals surface area (Å²) in [4.78, 5) is 14.6. The number of rotatable bonds is 4. The Balaban J connectivity index is 1.56. The molecule has 2 aromatic heterocycles. The topological polar surface area (TPSA) is 89.1 Å². The Morgan fingerprint density at radius 3 is 2.34 bits per heavy atom. The van der Waals surface area contributed by atoms with Crippen molar-refractivity contribution in [3.63, 3.8) is 0 Å². The highest BCUT2D eigenvalue weighted by molar-refractivity contribution is 7.89. The van der Waals surface area contributed by atoms with Crippen LogP contribution in [0.4, 0.5) is 5.69 Å². The van der Waals surface area contributed by atoms with Crippen LogP contribution in [-0.2, 0) is 17.1 Å². The average Bonchev–Trinajstić information content (AvgIpc) is 3.19. The largest absolute Gasteiger partial charge is 0.497 e. The molecule has 3 heterocycles. The van der Waals surface area contributed by atoms with Crippen LogP contribution in [-0.4, -0.2) is 60.2 Å². The number of sulfonamides is 1. The summed E-state index contributed by atoms with van der Waals surface area (Å²) in [5, 5.41) is 4.11. The highest BCUT2D eigenvalue weighted by Crippen LogP contribution is 2.24. The van der Waals surface area contributed by atoms with Gasteiger partial charge in [-0.05, 0) is 37.3 Å². The number of aryl methyl sites for hydroxylation is 2. The molecule has 4 rings (SSSR count). The number of piperazine rings is 1. The minimum atomic E-state index is -3.70. The van der Waals surface area contributed by atoms with E-state index in [4.69, 9.17) is 4.74 Å². The molecule has 9 nitrogen and oxygen atoms in total. The van der Waals surface area contributed by atoms with Crippen molar-refractivity contribution in [2.45, 2.75) is 11.8 Å². The van der Waals surface area contributed by atoms with Gasteiger partial charge >= 0.3 is 0 Å². The monoisotopic (exact) mass is 417 g/mol. The second-order valence-electron chi connectivity index (χ2n) is 7.00. The lowest BCUT2D eigenvalue weighted by molar-refractivity contribution is 0.384. The molecule has 0 amide bonds. The Labute approximate surface area is 168 Å². The number of methoxy groups -OCH3 is 1. The van der Waals surface area contributed by atoms with Gasteiger partial charge in [-0.15, -0.1) is 0 Å². The maximum Gasteiger partial charge on any atom is 0.290 e. The smallest absolute Gasteiger partial charge is 0.290 e. The Bertz CT molecular complexity index is 1210. The lowest BCUT2D eigenvalue weighted by Gasteiger charge is -2.35. The summed E-state index contributed by atoms with van der Waals surface area (Å²) < 4.78 is 35.7. The molecular weight excluding hydrogens is 394 g/mol. The van der Waals surface area contributed by atoms with E-state index < -0.39 is 10.0 Å². The summed E-state index contributed by atoms with van der Waals surface area (Å²) in [6.07, 6.45) is 1.48. The molecule has 1 aliphatic rings. The highest BCUT2D eigenvalue weighted by Gasteiger charge is 2.30. The van der Waals surface area contributed by atoms with Crippen LogP contribution in [0, 0.1) is 6.92 Å². The number of benzene rings is 1. The Morgan fingerprint density at radius 2 is 1.72 bits per heavy atom. The predicted molar refractivity (Wildman–Crippen MR) is 109 cm³/mol. The molecule has 29 heavy (non-hydrogen) atoms. The summed E-state index contributed by atoms with van der Waals surface area (Å²) >= 11 is 0. The van der Waals surface area contributed by atoms with Crippen LogP contribution in [0.1, 0.15) is 5.82 Å².